The van der Waals surface area contributed by atoms with Crippen LogP contribution in [0.25, 0.3) is 0 Å². The van der Waals surface area contributed by atoms with Crippen molar-refractivity contribution in [3.63, 3.8) is 0 Å². The maximum atomic E-state index is 11.1. The first-order valence-corrected chi connectivity index (χ1v) is 4.63. The summed E-state index contributed by atoms with van der Waals surface area (Å²) in [7, 11) is 0. The number of carbonyl (C=O) groups excluding carboxylic acids is 1. The van der Waals surface area contributed by atoms with Gasteiger partial charge in [-0.05, 0) is 6.42 Å². The second-order valence-corrected chi connectivity index (χ2v) is 3.58. The third-order valence-corrected chi connectivity index (χ3v) is 1.99. The quantitative estimate of drug-likeness (QED) is 0.310. The zero-order valence-electron chi connectivity index (χ0n) is 7.62. The molecule has 1 heterocycles. The third kappa shape index (κ3) is 5.61. The van der Waals surface area contributed by atoms with E-state index in [4.69, 9.17) is 4.74 Å². The first kappa shape index (κ1) is 14.2. The first-order chi connectivity index (χ1) is 5.70. The monoisotopic (exact) mass is 243 g/mol. The van der Waals surface area contributed by atoms with Crippen molar-refractivity contribution in [1.82, 2.24) is 4.90 Å². The molecule has 1 fully saturated rings. The average Bonchev–Trinajstić information content (AvgIpc) is 2.36. The molecule has 0 spiro atoms. The van der Waals surface area contributed by atoms with Gasteiger partial charge in [0.15, 0.2) is 0 Å². The molecular weight excluding hydrogens is 233 g/mol. The van der Waals surface area contributed by atoms with Gasteiger partial charge in [0.25, 0.3) is 0 Å². The minimum atomic E-state index is 0. The van der Waals surface area contributed by atoms with E-state index in [9.17, 15) is 4.79 Å². The van der Waals surface area contributed by atoms with Gasteiger partial charge in [-0.2, -0.15) is 0 Å². The summed E-state index contributed by atoms with van der Waals surface area (Å²) in [5, 5.41) is 0. The molecule has 0 N–H and O–H groups in total. The van der Waals surface area contributed by atoms with Crippen LogP contribution in [0.3, 0.4) is 0 Å². The molecule has 1 rings (SSSR count). The van der Waals surface area contributed by atoms with Crippen molar-refractivity contribution in [3.8, 4) is 0 Å². The second kappa shape index (κ2) is 7.50. The normalized spacial score (nSPS) is 15.4. The van der Waals surface area contributed by atoms with Crippen molar-refractivity contribution >= 4 is 35.1 Å². The molecule has 68 valence electrons. The Bertz CT molecular complexity index is 201. The third-order valence-electron chi connectivity index (χ3n) is 1.75. The number of rotatable bonds is 3. The number of amides is 1. The second-order valence-electron chi connectivity index (χ2n) is 2.58. The molecular formula is C7H10KNO2S2. The van der Waals surface area contributed by atoms with Crippen LogP contribution < -0.4 is 51.4 Å². The average molecular weight is 243 g/mol. The number of nitrogens with zero attached hydrogens (tertiary/aromatic N) is 1. The standard InChI is InChI=1S/C7H11NO2S2.K/c9-6-2-1-3-8(6)4-5-10-7(11)12;/h1-5H2,(H,11,12);/q;+1/p-1. The fraction of sp³-hybridized carbons (Fsp3) is 0.714. The summed E-state index contributed by atoms with van der Waals surface area (Å²) in [6.45, 7) is 1.87. The molecule has 1 aliphatic heterocycles. The number of ether oxygens (including phenoxy) is 1. The van der Waals surface area contributed by atoms with Crippen molar-refractivity contribution in [2.45, 2.75) is 12.8 Å². The van der Waals surface area contributed by atoms with Crippen LogP contribution in [0.2, 0.25) is 0 Å². The van der Waals surface area contributed by atoms with Crippen LogP contribution in [-0.4, -0.2) is 34.9 Å². The number of hydrogen-bond donors (Lipinski definition) is 0. The number of likely N-dealkylation sites (tertiary alicyclic amines) is 1. The van der Waals surface area contributed by atoms with E-state index in [1.165, 1.54) is 0 Å². The molecule has 0 unspecified atom stereocenters. The van der Waals surface area contributed by atoms with E-state index in [0.717, 1.165) is 13.0 Å². The largest absolute Gasteiger partial charge is 1.00 e. The topological polar surface area (TPSA) is 29.5 Å². The summed E-state index contributed by atoms with van der Waals surface area (Å²) in [4.78, 5) is 12.8. The fourth-order valence-corrected chi connectivity index (χ4v) is 1.35. The SMILES string of the molecule is O=C1CCCN1CCOC(=S)[S-].[K+]. The summed E-state index contributed by atoms with van der Waals surface area (Å²) >= 11 is 9.11. The van der Waals surface area contributed by atoms with E-state index in [0.29, 0.717) is 19.6 Å². The molecule has 1 aliphatic rings. The van der Waals surface area contributed by atoms with E-state index < -0.39 is 0 Å². The summed E-state index contributed by atoms with van der Waals surface area (Å²) in [6, 6.07) is 0. The molecule has 0 aromatic carbocycles. The predicted octanol–water partition coefficient (Wildman–Crippen LogP) is -2.54. The van der Waals surface area contributed by atoms with E-state index in [1.807, 2.05) is 0 Å². The summed E-state index contributed by atoms with van der Waals surface area (Å²) in [5.41, 5.74) is 0. The Morgan fingerprint density at radius 2 is 2.38 bits per heavy atom. The van der Waals surface area contributed by atoms with Crippen molar-refractivity contribution in [2.75, 3.05) is 19.7 Å². The Labute approximate surface area is 131 Å². The minimum absolute atomic E-state index is 0. The Morgan fingerprint density at radius 1 is 1.69 bits per heavy atom. The van der Waals surface area contributed by atoms with Gasteiger partial charge >= 0.3 is 51.4 Å². The molecule has 0 aromatic rings. The van der Waals surface area contributed by atoms with Gasteiger partial charge in [0.1, 0.15) is 6.61 Å². The van der Waals surface area contributed by atoms with E-state index in [1.54, 1.807) is 4.90 Å². The molecule has 13 heavy (non-hydrogen) atoms. The number of hydrogen-bond acceptors (Lipinski definition) is 4. The zero-order chi connectivity index (χ0) is 8.97. The molecule has 0 aromatic heterocycles. The summed E-state index contributed by atoms with van der Waals surface area (Å²) in [5.74, 6) is 0.203. The van der Waals surface area contributed by atoms with E-state index in [-0.39, 0.29) is 61.7 Å². The molecule has 1 amide bonds. The van der Waals surface area contributed by atoms with Crippen LogP contribution in [0.1, 0.15) is 12.8 Å². The van der Waals surface area contributed by atoms with Crippen LogP contribution >= 0.6 is 12.2 Å². The van der Waals surface area contributed by atoms with Crippen LogP contribution in [0, 0.1) is 0 Å². The number of thiocarbonyl (C=S) groups is 1. The van der Waals surface area contributed by atoms with Crippen LogP contribution in [0.5, 0.6) is 0 Å². The molecule has 6 heteroatoms. The van der Waals surface area contributed by atoms with E-state index in [2.05, 4.69) is 24.8 Å². The maximum Gasteiger partial charge on any atom is 1.00 e. The van der Waals surface area contributed by atoms with E-state index >= 15 is 0 Å². The van der Waals surface area contributed by atoms with Crippen molar-refractivity contribution in [2.24, 2.45) is 0 Å². The van der Waals surface area contributed by atoms with Gasteiger partial charge in [0.05, 0.1) is 6.54 Å². The minimum Gasteiger partial charge on any atom is -0.512 e. The van der Waals surface area contributed by atoms with Crippen LogP contribution in [-0.2, 0) is 22.2 Å². The smallest absolute Gasteiger partial charge is 0.512 e. The zero-order valence-corrected chi connectivity index (χ0v) is 12.4. The Balaban J connectivity index is 0.00000144. The maximum absolute atomic E-state index is 11.1. The Kier molecular flexibility index (Phi) is 8.20. The summed E-state index contributed by atoms with van der Waals surface area (Å²) in [6.07, 6.45) is 1.62. The molecule has 1 saturated heterocycles. The van der Waals surface area contributed by atoms with Crippen molar-refractivity contribution in [3.05, 3.63) is 0 Å². The fourth-order valence-electron chi connectivity index (χ4n) is 1.18. The summed E-state index contributed by atoms with van der Waals surface area (Å²) < 4.78 is 5.03. The predicted molar refractivity (Wildman–Crippen MR) is 51.7 cm³/mol. The van der Waals surface area contributed by atoms with Crippen molar-refractivity contribution < 1.29 is 60.9 Å². The molecule has 0 saturated carbocycles. The first-order valence-electron chi connectivity index (χ1n) is 3.81. The van der Waals surface area contributed by atoms with Gasteiger partial charge in [-0.3, -0.25) is 4.79 Å². The van der Waals surface area contributed by atoms with Gasteiger partial charge in [-0.25, -0.2) is 0 Å². The van der Waals surface area contributed by atoms with Crippen molar-refractivity contribution in [1.29, 1.82) is 0 Å². The van der Waals surface area contributed by atoms with Gasteiger partial charge in [0, 0.05) is 17.3 Å². The Hall–Kier alpha value is 1.22. The van der Waals surface area contributed by atoms with Crippen LogP contribution in [0.15, 0.2) is 0 Å². The van der Waals surface area contributed by atoms with Gasteiger partial charge in [-0.15, -0.1) is 0 Å². The van der Waals surface area contributed by atoms with Gasteiger partial charge in [0.2, 0.25) is 5.91 Å². The number of carbonyl (C=O) groups is 1. The molecule has 3 nitrogen and oxygen atoms in total. The molecule has 0 atom stereocenters. The van der Waals surface area contributed by atoms with Gasteiger partial charge < -0.3 is 34.5 Å². The Morgan fingerprint density at radius 3 is 2.85 bits per heavy atom. The molecule has 0 radical (unpaired) electrons. The van der Waals surface area contributed by atoms with Gasteiger partial charge in [-0.1, -0.05) is 0 Å². The van der Waals surface area contributed by atoms with Crippen LogP contribution in [0.4, 0.5) is 0 Å². The molecule has 0 aliphatic carbocycles. The molecule has 0 bridgehead atoms.